The number of aryl methyl sites for hydroxylation is 2. The number of carbonyl (C=O) groups is 5. The summed E-state index contributed by atoms with van der Waals surface area (Å²) in [6.45, 7) is 12.6. The monoisotopic (exact) mass is 951 g/mol. The molecule has 0 radical (unpaired) electrons. The Morgan fingerprint density at radius 3 is 1.62 bits per heavy atom. The summed E-state index contributed by atoms with van der Waals surface area (Å²) in [5, 5.41) is 9.14. The number of hydrogen-bond donors (Lipinski definition) is 3. The number of anilines is 2. The van der Waals surface area contributed by atoms with Crippen LogP contribution in [0.3, 0.4) is 0 Å². The number of piperazine rings is 2. The van der Waals surface area contributed by atoms with Gasteiger partial charge in [0, 0.05) is 69.6 Å². The lowest BCUT2D eigenvalue weighted by atomic mass is 9.98. The fraction of sp³-hybridized carbons (Fsp3) is 0.549. The largest absolute Gasteiger partial charge is 0.446 e. The molecule has 2 aliphatic carbocycles. The predicted molar refractivity (Wildman–Crippen MR) is 261 cm³/mol. The number of hydrogen-bond acceptors (Lipinski definition) is 11. The van der Waals surface area contributed by atoms with E-state index < -0.39 is 29.9 Å². The molecule has 18 heteroatoms. The van der Waals surface area contributed by atoms with Crippen molar-refractivity contribution in [1.82, 2.24) is 39.1 Å². The van der Waals surface area contributed by atoms with Crippen molar-refractivity contribution in [3.8, 4) is 0 Å². The molecule has 2 aromatic heterocycles. The van der Waals surface area contributed by atoms with E-state index in [9.17, 15) is 24.0 Å². The molecule has 2 aromatic carbocycles. The average Bonchev–Trinajstić information content (AvgIpc) is 3.94. The van der Waals surface area contributed by atoms with Crippen molar-refractivity contribution in [2.45, 2.75) is 142 Å². The zero-order valence-electron chi connectivity index (χ0n) is 40.9. The molecule has 4 heterocycles. The fourth-order valence-electron chi connectivity index (χ4n) is 9.15. The van der Waals surface area contributed by atoms with Crippen LogP contribution in [0.1, 0.15) is 107 Å². The van der Waals surface area contributed by atoms with Crippen LogP contribution in [0.25, 0.3) is 0 Å². The topological polar surface area (TPSA) is 194 Å². The zero-order chi connectivity index (χ0) is 48.9. The highest BCUT2D eigenvalue weighted by Crippen LogP contribution is 2.25. The summed E-state index contributed by atoms with van der Waals surface area (Å²) in [5.41, 5.74) is 4.61. The van der Waals surface area contributed by atoms with Crippen molar-refractivity contribution >= 4 is 41.5 Å². The molecule has 4 aliphatic rings. The second kappa shape index (κ2) is 23.7. The first-order valence-corrected chi connectivity index (χ1v) is 24.6. The molecule has 3 N–H and O–H groups in total. The van der Waals surface area contributed by atoms with Gasteiger partial charge in [-0.3, -0.25) is 19.4 Å². The highest BCUT2D eigenvalue weighted by molar-refractivity contribution is 5.98. The first-order chi connectivity index (χ1) is 33.2. The van der Waals surface area contributed by atoms with E-state index in [1.54, 1.807) is 44.4 Å². The number of rotatable bonds is 10. The van der Waals surface area contributed by atoms with E-state index in [-0.39, 0.29) is 49.7 Å². The van der Waals surface area contributed by atoms with Crippen LogP contribution in [0, 0.1) is 13.8 Å². The fourth-order valence-corrected chi connectivity index (χ4v) is 9.15. The van der Waals surface area contributed by atoms with Gasteiger partial charge < -0.3 is 44.2 Å². The molecule has 0 bridgehead atoms. The maximum atomic E-state index is 13.5. The Balaban J connectivity index is 0.000000208. The SMILES string of the molecule is Cc1cn(Cc2cccc(NC(=O)C3CN(C(=O)OC(C)(C)C)CCN3C(=O)OC3CCCCC3)c2)cn1.Cc1cn(Cc2cccc(NC(=O)C3CNCCN3C(=O)OC3CCCCC3)c2)cn1. The van der Waals surface area contributed by atoms with Crippen molar-refractivity contribution in [1.29, 1.82) is 0 Å². The molecule has 372 valence electrons. The van der Waals surface area contributed by atoms with Crippen molar-refractivity contribution in [2.75, 3.05) is 49.9 Å². The van der Waals surface area contributed by atoms with Crippen LogP contribution >= 0.6 is 0 Å². The highest BCUT2D eigenvalue weighted by Gasteiger charge is 2.40. The standard InChI is InChI=1S/C28H39N5O5.C23H31N5O3/c1-20-16-31(19-29-20)17-21-9-8-10-22(15-21)30-25(34)24-18-32(26(35)38-28(2,3)4)13-14-33(24)27(36)37-23-11-6-5-7-12-23;1-17-14-27(16-25-17)15-18-6-5-7-19(12-18)26-22(29)21-13-24-10-11-28(21)23(30)31-20-8-3-2-4-9-20/h8-10,15-16,19,23-24H,5-7,11-14,17-18H2,1-4H3,(H,30,34);5-7,12,14,16,20-21,24H,2-4,8-11,13,15H2,1H3,(H,26,29). The summed E-state index contributed by atoms with van der Waals surface area (Å²) in [5.74, 6) is -0.585. The smallest absolute Gasteiger partial charge is 0.410 e. The van der Waals surface area contributed by atoms with Crippen molar-refractivity contribution in [2.24, 2.45) is 0 Å². The number of carbonyl (C=O) groups excluding carboxylic acids is 5. The van der Waals surface area contributed by atoms with Gasteiger partial charge >= 0.3 is 18.3 Å². The minimum absolute atomic E-state index is 0.0223. The van der Waals surface area contributed by atoms with Gasteiger partial charge in [-0.25, -0.2) is 24.4 Å². The predicted octanol–water partition coefficient (Wildman–Crippen LogP) is 7.49. The van der Waals surface area contributed by atoms with Gasteiger partial charge in [0.2, 0.25) is 11.8 Å². The zero-order valence-corrected chi connectivity index (χ0v) is 40.9. The second-order valence-corrected chi connectivity index (χ2v) is 19.6. The van der Waals surface area contributed by atoms with Gasteiger partial charge in [-0.2, -0.15) is 0 Å². The van der Waals surface area contributed by atoms with Crippen LogP contribution in [0.15, 0.2) is 73.6 Å². The molecule has 0 spiro atoms. The summed E-state index contributed by atoms with van der Waals surface area (Å²) in [7, 11) is 0. The Morgan fingerprint density at radius 1 is 0.652 bits per heavy atom. The van der Waals surface area contributed by atoms with Crippen molar-refractivity contribution in [3.05, 3.63) is 96.1 Å². The average molecular weight is 951 g/mol. The Morgan fingerprint density at radius 2 is 1.14 bits per heavy atom. The van der Waals surface area contributed by atoms with E-state index in [2.05, 4.69) is 25.9 Å². The molecule has 4 fully saturated rings. The molecule has 8 rings (SSSR count). The lowest BCUT2D eigenvalue weighted by molar-refractivity contribution is -0.123. The minimum Gasteiger partial charge on any atom is -0.446 e. The van der Waals surface area contributed by atoms with Gasteiger partial charge in [-0.05, 0) is 121 Å². The molecular weight excluding hydrogens is 881 g/mol. The van der Waals surface area contributed by atoms with Crippen LogP contribution in [-0.4, -0.2) is 133 Å². The Bertz CT molecular complexity index is 2360. The number of imidazole rings is 2. The lowest BCUT2D eigenvalue weighted by Gasteiger charge is -2.40. The van der Waals surface area contributed by atoms with Crippen LogP contribution in [0.4, 0.5) is 25.8 Å². The Kier molecular flexibility index (Phi) is 17.3. The minimum atomic E-state index is -0.910. The van der Waals surface area contributed by atoms with E-state index in [0.29, 0.717) is 44.1 Å². The number of amides is 5. The molecule has 2 saturated heterocycles. The number of benzene rings is 2. The van der Waals surface area contributed by atoms with E-state index in [1.807, 2.05) is 77.8 Å². The van der Waals surface area contributed by atoms with E-state index in [0.717, 1.165) is 80.3 Å². The molecule has 4 aromatic rings. The number of nitrogens with one attached hydrogen (secondary N) is 3. The number of ether oxygens (including phenoxy) is 3. The van der Waals surface area contributed by atoms with Gasteiger partial charge in [-0.1, -0.05) is 37.1 Å². The van der Waals surface area contributed by atoms with Crippen LogP contribution in [0.5, 0.6) is 0 Å². The molecule has 2 unspecified atom stereocenters. The van der Waals surface area contributed by atoms with Crippen LogP contribution in [-0.2, 0) is 36.9 Å². The van der Waals surface area contributed by atoms with Crippen LogP contribution in [0.2, 0.25) is 0 Å². The molecule has 69 heavy (non-hydrogen) atoms. The normalized spacial score (nSPS) is 19.2. The first kappa shape index (κ1) is 50.4. The molecule has 5 amide bonds. The van der Waals surface area contributed by atoms with Crippen LogP contribution < -0.4 is 16.0 Å². The molecule has 2 saturated carbocycles. The molecule has 18 nitrogen and oxygen atoms in total. The highest BCUT2D eigenvalue weighted by atomic mass is 16.6. The summed E-state index contributed by atoms with van der Waals surface area (Å²) < 4.78 is 21.0. The maximum Gasteiger partial charge on any atom is 0.410 e. The van der Waals surface area contributed by atoms with E-state index in [1.165, 1.54) is 16.2 Å². The third-order valence-corrected chi connectivity index (χ3v) is 12.6. The third kappa shape index (κ3) is 15.0. The van der Waals surface area contributed by atoms with Gasteiger partial charge in [0.15, 0.2) is 0 Å². The number of nitrogens with zero attached hydrogens (tertiary/aromatic N) is 7. The van der Waals surface area contributed by atoms with Gasteiger partial charge in [0.1, 0.15) is 29.9 Å². The summed E-state index contributed by atoms with van der Waals surface area (Å²) in [6.07, 6.45) is 16.1. The Hall–Kier alpha value is -6.43. The van der Waals surface area contributed by atoms with Crippen molar-refractivity contribution in [3.63, 3.8) is 0 Å². The summed E-state index contributed by atoms with van der Waals surface area (Å²) in [6, 6.07) is 13.8. The summed E-state index contributed by atoms with van der Waals surface area (Å²) in [4.78, 5) is 78.3. The maximum absolute atomic E-state index is 13.5. The molecule has 2 aliphatic heterocycles. The Labute approximate surface area is 405 Å². The third-order valence-electron chi connectivity index (χ3n) is 12.6. The van der Waals surface area contributed by atoms with Crippen molar-refractivity contribution < 1.29 is 38.2 Å². The second-order valence-electron chi connectivity index (χ2n) is 19.6. The molecular formula is C51H70N10O8. The quantitative estimate of drug-likeness (QED) is 0.133. The summed E-state index contributed by atoms with van der Waals surface area (Å²) >= 11 is 0. The van der Waals surface area contributed by atoms with Gasteiger partial charge in [-0.15, -0.1) is 0 Å². The van der Waals surface area contributed by atoms with E-state index >= 15 is 0 Å². The van der Waals surface area contributed by atoms with Gasteiger partial charge in [0.25, 0.3) is 0 Å². The number of aromatic nitrogens is 4. The van der Waals surface area contributed by atoms with E-state index in [4.69, 9.17) is 14.2 Å². The lowest BCUT2D eigenvalue weighted by Crippen LogP contribution is -2.61. The molecule has 2 atom stereocenters. The van der Waals surface area contributed by atoms with Gasteiger partial charge in [0.05, 0.1) is 30.6 Å². The first-order valence-electron chi connectivity index (χ1n) is 24.6.